The fraction of sp³-hybridized carbons (Fsp3) is 0.222. The number of imide groups is 1. The summed E-state index contributed by atoms with van der Waals surface area (Å²) in [4.78, 5) is 26.1. The Morgan fingerprint density at radius 2 is 1.91 bits per heavy atom. The standard InChI is InChI=1S/C18H17ClN2O2/c1-12-9-14(19)7-8-16(12)21-17(22)10-15(18(21)23)20-11-13-5-3-2-4-6-13/h2-9,15,20H,10-11H2,1H3. The minimum atomic E-state index is -0.488. The predicted molar refractivity (Wildman–Crippen MR) is 90.4 cm³/mol. The van der Waals surface area contributed by atoms with Gasteiger partial charge < -0.3 is 5.32 Å². The van der Waals surface area contributed by atoms with E-state index in [1.807, 2.05) is 37.3 Å². The van der Waals surface area contributed by atoms with E-state index in [1.165, 1.54) is 4.90 Å². The number of nitrogens with one attached hydrogen (secondary N) is 1. The largest absolute Gasteiger partial charge is 0.301 e. The molecule has 0 aliphatic carbocycles. The van der Waals surface area contributed by atoms with Gasteiger partial charge in [0.1, 0.15) is 0 Å². The molecule has 1 heterocycles. The van der Waals surface area contributed by atoms with Gasteiger partial charge in [-0.25, -0.2) is 4.90 Å². The fourth-order valence-corrected chi connectivity index (χ4v) is 2.98. The zero-order chi connectivity index (χ0) is 16.4. The molecule has 1 atom stereocenters. The smallest absolute Gasteiger partial charge is 0.251 e. The summed E-state index contributed by atoms with van der Waals surface area (Å²) in [6, 6.07) is 14.5. The van der Waals surface area contributed by atoms with Crippen LogP contribution in [0.5, 0.6) is 0 Å². The Morgan fingerprint density at radius 3 is 2.61 bits per heavy atom. The van der Waals surface area contributed by atoms with Crippen molar-refractivity contribution >= 4 is 29.1 Å². The number of aryl methyl sites for hydroxylation is 1. The average Bonchev–Trinajstić information content (AvgIpc) is 2.81. The Labute approximate surface area is 140 Å². The molecular weight excluding hydrogens is 312 g/mol. The van der Waals surface area contributed by atoms with Crippen molar-refractivity contribution in [2.45, 2.75) is 25.9 Å². The Morgan fingerprint density at radius 1 is 1.17 bits per heavy atom. The van der Waals surface area contributed by atoms with Gasteiger partial charge in [-0.2, -0.15) is 0 Å². The van der Waals surface area contributed by atoms with Crippen LogP contribution in [0.3, 0.4) is 0 Å². The molecule has 3 rings (SSSR count). The van der Waals surface area contributed by atoms with Crippen molar-refractivity contribution in [3.63, 3.8) is 0 Å². The quantitative estimate of drug-likeness (QED) is 0.877. The first-order chi connectivity index (χ1) is 11.1. The minimum absolute atomic E-state index is 0.174. The Balaban J connectivity index is 1.75. The number of hydrogen-bond acceptors (Lipinski definition) is 3. The number of benzene rings is 2. The van der Waals surface area contributed by atoms with Gasteiger partial charge in [0.05, 0.1) is 18.2 Å². The summed E-state index contributed by atoms with van der Waals surface area (Å²) in [7, 11) is 0. The highest BCUT2D eigenvalue weighted by Crippen LogP contribution is 2.28. The Bertz CT molecular complexity index is 746. The van der Waals surface area contributed by atoms with Crippen LogP contribution >= 0.6 is 11.6 Å². The van der Waals surface area contributed by atoms with E-state index >= 15 is 0 Å². The van der Waals surface area contributed by atoms with Crippen molar-refractivity contribution in [3.05, 3.63) is 64.7 Å². The van der Waals surface area contributed by atoms with E-state index in [4.69, 9.17) is 11.6 Å². The summed E-state index contributed by atoms with van der Waals surface area (Å²) in [5.41, 5.74) is 2.49. The molecule has 2 aromatic rings. The molecule has 5 heteroatoms. The highest BCUT2D eigenvalue weighted by Gasteiger charge is 2.39. The maximum absolute atomic E-state index is 12.6. The zero-order valence-corrected chi connectivity index (χ0v) is 13.5. The zero-order valence-electron chi connectivity index (χ0n) is 12.8. The van der Waals surface area contributed by atoms with Gasteiger partial charge in [0.25, 0.3) is 5.91 Å². The predicted octanol–water partition coefficient (Wildman–Crippen LogP) is 3.07. The molecule has 1 saturated heterocycles. The second kappa shape index (κ2) is 6.52. The Hall–Kier alpha value is -2.17. The molecule has 118 valence electrons. The molecule has 4 nitrogen and oxygen atoms in total. The lowest BCUT2D eigenvalue weighted by molar-refractivity contribution is -0.121. The van der Waals surface area contributed by atoms with Crippen molar-refractivity contribution in [1.82, 2.24) is 5.32 Å². The number of carbonyl (C=O) groups is 2. The van der Waals surface area contributed by atoms with Gasteiger partial charge in [-0.05, 0) is 36.2 Å². The van der Waals surface area contributed by atoms with Crippen molar-refractivity contribution < 1.29 is 9.59 Å². The van der Waals surface area contributed by atoms with Gasteiger partial charge >= 0.3 is 0 Å². The third kappa shape index (κ3) is 3.28. The van der Waals surface area contributed by atoms with Gasteiger partial charge in [0.15, 0.2) is 0 Å². The van der Waals surface area contributed by atoms with Crippen LogP contribution in [0, 0.1) is 6.92 Å². The lowest BCUT2D eigenvalue weighted by Crippen LogP contribution is -2.38. The van der Waals surface area contributed by atoms with Crippen molar-refractivity contribution in [2.75, 3.05) is 4.90 Å². The minimum Gasteiger partial charge on any atom is -0.301 e. The number of carbonyl (C=O) groups excluding carboxylic acids is 2. The van der Waals surface area contributed by atoms with Gasteiger partial charge in [0.2, 0.25) is 5.91 Å². The summed E-state index contributed by atoms with van der Waals surface area (Å²) in [5, 5.41) is 3.76. The molecular formula is C18H17ClN2O2. The highest BCUT2D eigenvalue weighted by molar-refractivity contribution is 6.31. The number of halogens is 1. The number of amides is 2. The maximum atomic E-state index is 12.6. The molecule has 2 aromatic carbocycles. The van der Waals surface area contributed by atoms with Crippen LogP contribution < -0.4 is 10.2 Å². The van der Waals surface area contributed by atoms with E-state index in [9.17, 15) is 9.59 Å². The van der Waals surface area contributed by atoms with Gasteiger partial charge in [-0.15, -0.1) is 0 Å². The molecule has 1 aliphatic rings. The molecule has 0 aromatic heterocycles. The van der Waals surface area contributed by atoms with Crippen LogP contribution in [0.25, 0.3) is 0 Å². The molecule has 0 bridgehead atoms. The summed E-state index contributed by atoms with van der Waals surface area (Å²) < 4.78 is 0. The van der Waals surface area contributed by atoms with E-state index in [0.29, 0.717) is 17.3 Å². The van der Waals surface area contributed by atoms with Gasteiger partial charge in [-0.1, -0.05) is 41.9 Å². The van der Waals surface area contributed by atoms with Crippen molar-refractivity contribution in [2.24, 2.45) is 0 Å². The van der Waals surface area contributed by atoms with Crippen LogP contribution in [-0.4, -0.2) is 17.9 Å². The molecule has 2 amide bonds. The monoisotopic (exact) mass is 328 g/mol. The Kier molecular flexibility index (Phi) is 4.46. The first kappa shape index (κ1) is 15.7. The van der Waals surface area contributed by atoms with Crippen molar-refractivity contribution in [3.8, 4) is 0 Å². The molecule has 1 fully saturated rings. The topological polar surface area (TPSA) is 49.4 Å². The average molecular weight is 329 g/mol. The van der Waals surface area contributed by atoms with Gasteiger partial charge in [-0.3, -0.25) is 9.59 Å². The number of rotatable bonds is 4. The van der Waals surface area contributed by atoms with Crippen molar-refractivity contribution in [1.29, 1.82) is 0 Å². The first-order valence-electron chi connectivity index (χ1n) is 7.46. The summed E-state index contributed by atoms with van der Waals surface area (Å²) in [5.74, 6) is -0.401. The molecule has 0 saturated carbocycles. The van der Waals surface area contributed by atoms with E-state index in [-0.39, 0.29) is 18.2 Å². The number of nitrogens with zero attached hydrogens (tertiary/aromatic N) is 1. The molecule has 23 heavy (non-hydrogen) atoms. The lowest BCUT2D eigenvalue weighted by Gasteiger charge is -2.18. The van der Waals surface area contributed by atoms with E-state index < -0.39 is 6.04 Å². The lowest BCUT2D eigenvalue weighted by atomic mass is 10.2. The SMILES string of the molecule is Cc1cc(Cl)ccc1N1C(=O)CC(NCc2ccccc2)C1=O. The molecule has 0 spiro atoms. The van der Waals surface area contributed by atoms with Crippen LogP contribution in [0.2, 0.25) is 5.02 Å². The second-order valence-electron chi connectivity index (χ2n) is 5.62. The van der Waals surface area contributed by atoms with E-state index in [0.717, 1.165) is 11.1 Å². The fourth-order valence-electron chi connectivity index (χ4n) is 2.75. The van der Waals surface area contributed by atoms with Crippen LogP contribution in [-0.2, 0) is 16.1 Å². The first-order valence-corrected chi connectivity index (χ1v) is 7.84. The second-order valence-corrected chi connectivity index (χ2v) is 6.06. The summed E-state index contributed by atoms with van der Waals surface area (Å²) in [6.45, 7) is 2.39. The summed E-state index contributed by atoms with van der Waals surface area (Å²) in [6.07, 6.45) is 0.174. The third-order valence-corrected chi connectivity index (χ3v) is 4.18. The van der Waals surface area contributed by atoms with Crippen LogP contribution in [0.4, 0.5) is 5.69 Å². The van der Waals surface area contributed by atoms with E-state index in [1.54, 1.807) is 18.2 Å². The number of anilines is 1. The molecule has 1 aliphatic heterocycles. The number of hydrogen-bond donors (Lipinski definition) is 1. The highest BCUT2D eigenvalue weighted by atomic mass is 35.5. The van der Waals surface area contributed by atoms with E-state index in [2.05, 4.69) is 5.32 Å². The van der Waals surface area contributed by atoms with Crippen LogP contribution in [0.15, 0.2) is 48.5 Å². The normalized spacial score (nSPS) is 17.8. The molecule has 1 unspecified atom stereocenters. The maximum Gasteiger partial charge on any atom is 0.251 e. The third-order valence-electron chi connectivity index (χ3n) is 3.94. The van der Waals surface area contributed by atoms with Gasteiger partial charge in [0, 0.05) is 11.6 Å². The van der Waals surface area contributed by atoms with Crippen LogP contribution in [0.1, 0.15) is 17.5 Å². The summed E-state index contributed by atoms with van der Waals surface area (Å²) >= 11 is 5.94. The molecule has 0 radical (unpaired) electrons. The molecule has 1 N–H and O–H groups in total.